The van der Waals surface area contributed by atoms with Crippen LogP contribution >= 0.6 is 11.6 Å². The highest BCUT2D eigenvalue weighted by Crippen LogP contribution is 2.22. The molecule has 1 atom stereocenters. The number of aryl methyl sites for hydroxylation is 1. The number of aliphatic hydroxyl groups is 1. The maximum absolute atomic E-state index is 12.0. The molecular formula is C18H18ClN3O2. The van der Waals surface area contributed by atoms with E-state index in [0.29, 0.717) is 11.7 Å². The molecule has 124 valence electrons. The minimum absolute atomic E-state index is 0.138. The van der Waals surface area contributed by atoms with Crippen LogP contribution in [0.1, 0.15) is 18.1 Å². The van der Waals surface area contributed by atoms with Crippen LogP contribution < -0.4 is 5.32 Å². The molecule has 1 aromatic heterocycles. The van der Waals surface area contributed by atoms with E-state index in [9.17, 15) is 9.90 Å². The summed E-state index contributed by atoms with van der Waals surface area (Å²) in [5.41, 5.74) is 1.68. The lowest BCUT2D eigenvalue weighted by molar-refractivity contribution is -0.121. The average Bonchev–Trinajstić information content (AvgIpc) is 2.95. The zero-order valence-corrected chi connectivity index (χ0v) is 13.8. The zero-order valence-electron chi connectivity index (χ0n) is 13.0. The van der Waals surface area contributed by atoms with E-state index in [0.717, 1.165) is 16.5 Å². The van der Waals surface area contributed by atoms with Crippen molar-refractivity contribution in [1.29, 1.82) is 0 Å². The summed E-state index contributed by atoms with van der Waals surface area (Å²) in [5.74, 6) is -0.138. The van der Waals surface area contributed by atoms with Gasteiger partial charge in [0.15, 0.2) is 5.15 Å². The number of amides is 1. The molecule has 3 rings (SSSR count). The van der Waals surface area contributed by atoms with Crippen molar-refractivity contribution in [1.82, 2.24) is 15.1 Å². The van der Waals surface area contributed by atoms with Gasteiger partial charge >= 0.3 is 0 Å². The highest BCUT2D eigenvalue weighted by atomic mass is 35.5. The number of rotatable bonds is 6. The summed E-state index contributed by atoms with van der Waals surface area (Å²) in [5, 5.41) is 18.4. The van der Waals surface area contributed by atoms with Gasteiger partial charge in [-0.25, -0.2) is 0 Å². The second-order valence-electron chi connectivity index (χ2n) is 5.51. The lowest BCUT2D eigenvalue weighted by Gasteiger charge is -2.12. The van der Waals surface area contributed by atoms with Gasteiger partial charge in [-0.2, -0.15) is 5.10 Å². The van der Waals surface area contributed by atoms with Crippen molar-refractivity contribution in [3.63, 3.8) is 0 Å². The Hall–Kier alpha value is -2.37. The predicted octanol–water partition coefficient (Wildman–Crippen LogP) is 2.93. The standard InChI is InChI=1S/C18H18ClN3O2/c19-18-14-8-4-5-9-15(14)22(21-18)11-10-17(24)20-12-16(23)13-6-2-1-3-7-13/h1-9,16,23H,10-12H2,(H,20,24). The van der Waals surface area contributed by atoms with Gasteiger partial charge in [0, 0.05) is 18.4 Å². The third-order valence-corrected chi connectivity index (χ3v) is 4.12. The summed E-state index contributed by atoms with van der Waals surface area (Å²) in [6.45, 7) is 0.615. The van der Waals surface area contributed by atoms with Gasteiger partial charge in [0.1, 0.15) is 0 Å². The van der Waals surface area contributed by atoms with E-state index in [4.69, 9.17) is 11.6 Å². The molecule has 0 saturated heterocycles. The van der Waals surface area contributed by atoms with Crippen molar-refractivity contribution >= 4 is 28.4 Å². The predicted molar refractivity (Wildman–Crippen MR) is 93.8 cm³/mol. The summed E-state index contributed by atoms with van der Waals surface area (Å²) in [6.07, 6.45) is -0.445. The molecule has 1 amide bonds. The van der Waals surface area contributed by atoms with E-state index in [1.165, 1.54) is 0 Å². The molecule has 0 saturated carbocycles. The molecule has 0 bridgehead atoms. The molecule has 1 heterocycles. The minimum Gasteiger partial charge on any atom is -0.387 e. The molecule has 6 heteroatoms. The van der Waals surface area contributed by atoms with E-state index in [1.54, 1.807) is 4.68 Å². The Morgan fingerprint density at radius 3 is 2.67 bits per heavy atom. The molecule has 5 nitrogen and oxygen atoms in total. The molecule has 1 unspecified atom stereocenters. The highest BCUT2D eigenvalue weighted by Gasteiger charge is 2.11. The molecule has 3 aromatic rings. The monoisotopic (exact) mass is 343 g/mol. The summed E-state index contributed by atoms with van der Waals surface area (Å²) < 4.78 is 1.73. The maximum atomic E-state index is 12.0. The van der Waals surface area contributed by atoms with Crippen molar-refractivity contribution < 1.29 is 9.90 Å². The van der Waals surface area contributed by atoms with Crippen LogP contribution in [0.15, 0.2) is 54.6 Å². The fraction of sp³-hybridized carbons (Fsp3) is 0.222. The molecule has 2 aromatic carbocycles. The fourth-order valence-corrected chi connectivity index (χ4v) is 2.81. The molecule has 0 aliphatic rings. The van der Waals surface area contributed by atoms with Gasteiger partial charge in [-0.15, -0.1) is 0 Å². The third-order valence-electron chi connectivity index (χ3n) is 3.84. The van der Waals surface area contributed by atoms with Gasteiger partial charge < -0.3 is 10.4 Å². The molecule has 0 fully saturated rings. The first-order valence-electron chi connectivity index (χ1n) is 7.76. The second-order valence-corrected chi connectivity index (χ2v) is 5.87. The van der Waals surface area contributed by atoms with Crippen LogP contribution in [-0.2, 0) is 11.3 Å². The summed E-state index contributed by atoms with van der Waals surface area (Å²) in [7, 11) is 0. The van der Waals surface area contributed by atoms with E-state index in [-0.39, 0.29) is 18.9 Å². The molecular weight excluding hydrogens is 326 g/mol. The first-order valence-corrected chi connectivity index (χ1v) is 8.13. The molecule has 0 aliphatic carbocycles. The van der Waals surface area contributed by atoms with Gasteiger partial charge in [-0.3, -0.25) is 9.48 Å². The highest BCUT2D eigenvalue weighted by molar-refractivity contribution is 6.34. The number of nitrogens with one attached hydrogen (secondary N) is 1. The number of carbonyl (C=O) groups excluding carboxylic acids is 1. The lowest BCUT2D eigenvalue weighted by Crippen LogP contribution is -2.29. The topological polar surface area (TPSA) is 67.2 Å². The second kappa shape index (κ2) is 7.47. The first kappa shape index (κ1) is 16.5. The number of aliphatic hydroxyl groups excluding tert-OH is 1. The van der Waals surface area contributed by atoms with Crippen LogP contribution in [0, 0.1) is 0 Å². The number of aromatic nitrogens is 2. The SMILES string of the molecule is O=C(CCn1nc(Cl)c2ccccc21)NCC(O)c1ccccc1. The minimum atomic E-state index is -0.713. The summed E-state index contributed by atoms with van der Waals surface area (Å²) in [6, 6.07) is 16.9. The number of halogens is 1. The molecule has 2 N–H and O–H groups in total. The molecule has 0 spiro atoms. The number of hydrogen-bond donors (Lipinski definition) is 2. The van der Waals surface area contributed by atoms with E-state index >= 15 is 0 Å². The van der Waals surface area contributed by atoms with E-state index < -0.39 is 6.10 Å². The molecule has 24 heavy (non-hydrogen) atoms. The maximum Gasteiger partial charge on any atom is 0.221 e. The lowest BCUT2D eigenvalue weighted by atomic mass is 10.1. The van der Waals surface area contributed by atoms with Crippen molar-refractivity contribution in [2.75, 3.05) is 6.54 Å². The van der Waals surface area contributed by atoms with Crippen molar-refractivity contribution in [2.24, 2.45) is 0 Å². The first-order chi connectivity index (χ1) is 11.6. The Morgan fingerprint density at radius 2 is 1.88 bits per heavy atom. The van der Waals surface area contributed by atoms with Crippen molar-refractivity contribution in [2.45, 2.75) is 19.1 Å². The van der Waals surface area contributed by atoms with Gasteiger partial charge in [0.25, 0.3) is 0 Å². The van der Waals surface area contributed by atoms with Crippen LogP contribution in [0.25, 0.3) is 10.9 Å². The summed E-state index contributed by atoms with van der Waals surface area (Å²) in [4.78, 5) is 12.0. The van der Waals surface area contributed by atoms with Crippen LogP contribution in [0.2, 0.25) is 5.15 Å². The Balaban J connectivity index is 1.54. The average molecular weight is 344 g/mol. The van der Waals surface area contributed by atoms with E-state index in [2.05, 4.69) is 10.4 Å². The van der Waals surface area contributed by atoms with Crippen LogP contribution in [-0.4, -0.2) is 27.3 Å². The van der Waals surface area contributed by atoms with Gasteiger partial charge in [-0.05, 0) is 17.7 Å². The Kier molecular flexibility index (Phi) is 5.13. The summed E-state index contributed by atoms with van der Waals surface area (Å²) >= 11 is 6.10. The van der Waals surface area contributed by atoms with Gasteiger partial charge in [0.05, 0.1) is 18.2 Å². The normalized spacial score (nSPS) is 12.2. The van der Waals surface area contributed by atoms with E-state index in [1.807, 2.05) is 54.6 Å². The number of para-hydroxylation sites is 1. The number of benzene rings is 2. The van der Waals surface area contributed by atoms with Crippen molar-refractivity contribution in [3.8, 4) is 0 Å². The van der Waals surface area contributed by atoms with Crippen molar-refractivity contribution in [3.05, 3.63) is 65.3 Å². The van der Waals surface area contributed by atoms with Gasteiger partial charge in [-0.1, -0.05) is 54.1 Å². The molecule has 0 radical (unpaired) electrons. The Morgan fingerprint density at radius 1 is 1.17 bits per heavy atom. The van der Waals surface area contributed by atoms with Crippen LogP contribution in [0.5, 0.6) is 0 Å². The number of nitrogens with zero attached hydrogens (tertiary/aromatic N) is 2. The smallest absolute Gasteiger partial charge is 0.221 e. The third kappa shape index (κ3) is 3.75. The van der Waals surface area contributed by atoms with Crippen LogP contribution in [0.4, 0.5) is 0 Å². The fourth-order valence-electron chi connectivity index (χ4n) is 2.56. The van der Waals surface area contributed by atoms with Crippen LogP contribution in [0.3, 0.4) is 0 Å². The molecule has 0 aliphatic heterocycles. The number of hydrogen-bond acceptors (Lipinski definition) is 3. The Labute approximate surface area is 144 Å². The number of carbonyl (C=O) groups is 1. The quantitative estimate of drug-likeness (QED) is 0.723. The number of fused-ring (bicyclic) bond motifs is 1. The van der Waals surface area contributed by atoms with Gasteiger partial charge in [0.2, 0.25) is 5.91 Å². The Bertz CT molecular complexity index is 833. The zero-order chi connectivity index (χ0) is 16.9. The largest absolute Gasteiger partial charge is 0.387 e.